The third-order valence-electron chi connectivity index (χ3n) is 6.11. The first-order valence-corrected chi connectivity index (χ1v) is 13.1. The number of carbonyl (C=O) groups is 2. The second-order valence-electron chi connectivity index (χ2n) is 8.45. The van der Waals surface area contributed by atoms with Crippen LogP contribution in [0.1, 0.15) is 23.6 Å². The average Bonchev–Trinajstić information content (AvgIpc) is 2.92. The fourth-order valence-electron chi connectivity index (χ4n) is 4.31. The number of rotatable bonds is 9. The van der Waals surface area contributed by atoms with Crippen molar-refractivity contribution < 1.29 is 32.4 Å². The lowest BCUT2D eigenvalue weighted by Crippen LogP contribution is -2.41. The van der Waals surface area contributed by atoms with Gasteiger partial charge in [0.25, 0.3) is 11.6 Å². The molecule has 3 aromatic rings. The summed E-state index contributed by atoms with van der Waals surface area (Å²) in [5.41, 5.74) is 1.42. The molecule has 0 fully saturated rings. The van der Waals surface area contributed by atoms with Crippen molar-refractivity contribution >= 4 is 33.3 Å². The molecule has 1 amide bonds. The minimum absolute atomic E-state index is 0.0455. The Morgan fingerprint density at radius 1 is 1.08 bits per heavy atom. The third-order valence-corrected chi connectivity index (χ3v) is 8.03. The Morgan fingerprint density at radius 2 is 1.79 bits per heavy atom. The van der Waals surface area contributed by atoms with E-state index in [1.165, 1.54) is 35.7 Å². The molecule has 1 N–H and O–H groups in total. The standard InChI is InChI=1S/C26H25N3O8S/c1-36-24-12-11-19(29(32)33)15-22(24)27-25(30)17-37-26(31)16-23-21-10-6-5-7-18(21)13-14-28(23)38(34,35)20-8-3-2-4-9-20/h2-12,15,23H,13-14,16-17H2,1H3,(H,27,30). The average molecular weight is 540 g/mol. The number of hydrogen-bond acceptors (Lipinski definition) is 8. The van der Waals surface area contributed by atoms with Crippen molar-refractivity contribution in [2.24, 2.45) is 0 Å². The monoisotopic (exact) mass is 539 g/mol. The van der Waals surface area contributed by atoms with Gasteiger partial charge in [-0.05, 0) is 35.7 Å². The molecule has 11 nitrogen and oxygen atoms in total. The number of nitro benzene ring substituents is 1. The summed E-state index contributed by atoms with van der Waals surface area (Å²) < 4.78 is 38.5. The number of sulfonamides is 1. The number of nitrogens with one attached hydrogen (secondary N) is 1. The molecule has 1 unspecified atom stereocenters. The van der Waals surface area contributed by atoms with Gasteiger partial charge in [-0.1, -0.05) is 42.5 Å². The van der Waals surface area contributed by atoms with Gasteiger partial charge in [0, 0.05) is 18.7 Å². The number of amides is 1. The molecule has 0 saturated heterocycles. The van der Waals surface area contributed by atoms with Crippen LogP contribution in [0.2, 0.25) is 0 Å². The van der Waals surface area contributed by atoms with Crippen LogP contribution in [0, 0.1) is 10.1 Å². The van der Waals surface area contributed by atoms with Gasteiger partial charge >= 0.3 is 5.97 Å². The van der Waals surface area contributed by atoms with Crippen LogP contribution in [0.15, 0.2) is 77.7 Å². The summed E-state index contributed by atoms with van der Waals surface area (Å²) >= 11 is 0. The minimum Gasteiger partial charge on any atom is -0.495 e. The molecular weight excluding hydrogens is 514 g/mol. The van der Waals surface area contributed by atoms with Crippen molar-refractivity contribution in [3.05, 3.63) is 94.0 Å². The largest absolute Gasteiger partial charge is 0.495 e. The number of hydrogen-bond donors (Lipinski definition) is 1. The van der Waals surface area contributed by atoms with Crippen LogP contribution in [0.25, 0.3) is 0 Å². The van der Waals surface area contributed by atoms with Gasteiger partial charge in [0.2, 0.25) is 10.0 Å². The molecule has 3 aromatic carbocycles. The van der Waals surface area contributed by atoms with Crippen LogP contribution < -0.4 is 10.1 Å². The number of methoxy groups -OCH3 is 1. The molecule has 0 bridgehead atoms. The van der Waals surface area contributed by atoms with E-state index in [2.05, 4.69) is 5.32 Å². The maximum absolute atomic E-state index is 13.4. The molecule has 1 aliphatic heterocycles. The number of nitrogens with zero attached hydrogens (tertiary/aromatic N) is 2. The number of esters is 1. The highest BCUT2D eigenvalue weighted by molar-refractivity contribution is 7.89. The Hall–Kier alpha value is -4.29. The zero-order valence-electron chi connectivity index (χ0n) is 20.4. The first-order valence-electron chi connectivity index (χ1n) is 11.6. The molecule has 12 heteroatoms. The van der Waals surface area contributed by atoms with E-state index in [1.54, 1.807) is 30.3 Å². The van der Waals surface area contributed by atoms with Gasteiger partial charge in [0.05, 0.1) is 35.1 Å². The van der Waals surface area contributed by atoms with Crippen molar-refractivity contribution in [1.29, 1.82) is 0 Å². The van der Waals surface area contributed by atoms with E-state index in [9.17, 15) is 28.1 Å². The Labute approximate surface area is 219 Å². The molecule has 1 atom stereocenters. The highest BCUT2D eigenvalue weighted by atomic mass is 32.2. The molecule has 4 rings (SSSR count). The van der Waals surface area contributed by atoms with Crippen molar-refractivity contribution in [3.63, 3.8) is 0 Å². The smallest absolute Gasteiger partial charge is 0.308 e. The van der Waals surface area contributed by atoms with Crippen LogP contribution in [0.5, 0.6) is 5.75 Å². The summed E-state index contributed by atoms with van der Waals surface area (Å²) in [6.07, 6.45) is 0.178. The summed E-state index contributed by atoms with van der Waals surface area (Å²) in [6, 6.07) is 18.1. The zero-order valence-corrected chi connectivity index (χ0v) is 21.2. The number of ether oxygens (including phenoxy) is 2. The summed E-state index contributed by atoms with van der Waals surface area (Å²) in [6.45, 7) is -0.496. The maximum atomic E-state index is 13.4. The molecule has 38 heavy (non-hydrogen) atoms. The molecule has 0 saturated carbocycles. The molecule has 0 aromatic heterocycles. The number of benzene rings is 3. The SMILES string of the molecule is COc1ccc([N+](=O)[O-])cc1NC(=O)COC(=O)CC1c2ccccc2CCN1S(=O)(=O)c1ccccc1. The minimum atomic E-state index is -3.91. The lowest BCUT2D eigenvalue weighted by molar-refractivity contribution is -0.384. The van der Waals surface area contributed by atoms with Crippen molar-refractivity contribution in [1.82, 2.24) is 4.31 Å². The summed E-state index contributed by atoms with van der Waals surface area (Å²) in [5, 5.41) is 13.5. The Bertz CT molecular complexity index is 1460. The van der Waals surface area contributed by atoms with E-state index in [1.807, 2.05) is 12.1 Å². The fraction of sp³-hybridized carbons (Fsp3) is 0.231. The molecule has 0 aliphatic carbocycles. The van der Waals surface area contributed by atoms with E-state index in [4.69, 9.17) is 9.47 Å². The maximum Gasteiger partial charge on any atom is 0.308 e. The summed E-state index contributed by atoms with van der Waals surface area (Å²) in [7, 11) is -2.57. The molecule has 0 spiro atoms. The normalized spacial score (nSPS) is 15.2. The van der Waals surface area contributed by atoms with Gasteiger partial charge in [-0.25, -0.2) is 8.42 Å². The summed E-state index contributed by atoms with van der Waals surface area (Å²) in [5.74, 6) is -1.33. The predicted molar refractivity (Wildman–Crippen MR) is 137 cm³/mol. The number of nitro groups is 1. The second-order valence-corrected chi connectivity index (χ2v) is 10.3. The molecule has 0 radical (unpaired) electrons. The van der Waals surface area contributed by atoms with Gasteiger partial charge in [-0.3, -0.25) is 19.7 Å². The lowest BCUT2D eigenvalue weighted by atomic mass is 9.92. The predicted octanol–water partition coefficient (Wildman–Crippen LogP) is 3.46. The van der Waals surface area contributed by atoms with Gasteiger partial charge < -0.3 is 14.8 Å². The topological polar surface area (TPSA) is 145 Å². The molecular formula is C26H25N3O8S. The quantitative estimate of drug-likeness (QED) is 0.247. The van der Waals surface area contributed by atoms with Crippen molar-refractivity contribution in [2.75, 3.05) is 25.6 Å². The van der Waals surface area contributed by atoms with Crippen LogP contribution in [0.3, 0.4) is 0 Å². The van der Waals surface area contributed by atoms with Crippen LogP contribution >= 0.6 is 0 Å². The van der Waals surface area contributed by atoms with Crippen molar-refractivity contribution in [2.45, 2.75) is 23.8 Å². The molecule has 198 valence electrons. The first-order chi connectivity index (χ1) is 18.2. The van der Waals surface area contributed by atoms with Crippen LogP contribution in [-0.4, -0.2) is 49.8 Å². The number of fused-ring (bicyclic) bond motifs is 1. The van der Waals surface area contributed by atoms with E-state index in [-0.39, 0.29) is 35.0 Å². The zero-order chi connectivity index (χ0) is 27.3. The second kappa shape index (κ2) is 11.4. The van der Waals surface area contributed by atoms with E-state index >= 15 is 0 Å². The van der Waals surface area contributed by atoms with Crippen LogP contribution in [-0.2, 0) is 30.8 Å². The highest BCUT2D eigenvalue weighted by Gasteiger charge is 2.37. The number of carbonyl (C=O) groups excluding carboxylic acids is 2. The van der Waals surface area contributed by atoms with E-state index < -0.39 is 39.5 Å². The number of non-ortho nitro benzene ring substituents is 1. The Kier molecular flexibility index (Phi) is 8.03. The van der Waals surface area contributed by atoms with Gasteiger partial charge in [0.1, 0.15) is 5.75 Å². The lowest BCUT2D eigenvalue weighted by Gasteiger charge is -2.36. The van der Waals surface area contributed by atoms with E-state index in [0.717, 1.165) is 11.6 Å². The Morgan fingerprint density at radius 3 is 2.50 bits per heavy atom. The Balaban J connectivity index is 1.48. The van der Waals surface area contributed by atoms with Crippen molar-refractivity contribution in [3.8, 4) is 5.75 Å². The fourth-order valence-corrected chi connectivity index (χ4v) is 5.94. The molecule has 1 aliphatic rings. The van der Waals surface area contributed by atoms with E-state index in [0.29, 0.717) is 12.0 Å². The first kappa shape index (κ1) is 26.8. The summed E-state index contributed by atoms with van der Waals surface area (Å²) in [4.78, 5) is 35.8. The van der Waals surface area contributed by atoms with Gasteiger partial charge in [-0.15, -0.1) is 0 Å². The third kappa shape index (κ3) is 5.82. The van der Waals surface area contributed by atoms with Gasteiger partial charge in [0.15, 0.2) is 6.61 Å². The van der Waals surface area contributed by atoms with Crippen LogP contribution in [0.4, 0.5) is 11.4 Å². The van der Waals surface area contributed by atoms with Gasteiger partial charge in [-0.2, -0.15) is 4.31 Å². The number of anilines is 1. The highest BCUT2D eigenvalue weighted by Crippen LogP contribution is 2.36. The molecule has 1 heterocycles.